The monoisotopic (exact) mass is 360 g/mol. The molecule has 0 aliphatic heterocycles. The zero-order chi connectivity index (χ0) is 16.9. The van der Waals surface area contributed by atoms with Gasteiger partial charge in [-0.3, -0.25) is 0 Å². The van der Waals surface area contributed by atoms with E-state index < -0.39 is 0 Å². The van der Waals surface area contributed by atoms with Crippen LogP contribution in [0.1, 0.15) is 0 Å². The number of nitrogens with one attached hydrogen (secondary N) is 2. The number of hydrogen-bond acceptors (Lipinski definition) is 5. The lowest BCUT2D eigenvalue weighted by Gasteiger charge is -2.10. The van der Waals surface area contributed by atoms with Crippen LogP contribution in [0.2, 0.25) is 10.0 Å². The maximum atomic E-state index is 6.12. The van der Waals surface area contributed by atoms with Crippen LogP contribution >= 0.6 is 23.2 Å². The first-order valence-electron chi connectivity index (χ1n) is 7.10. The zero-order valence-electron chi connectivity index (χ0n) is 12.8. The lowest BCUT2D eigenvalue weighted by atomic mass is 10.3. The second-order valence-corrected chi connectivity index (χ2v) is 5.72. The van der Waals surface area contributed by atoms with E-state index in [9.17, 15) is 0 Å². The molecule has 2 N–H and O–H groups in total. The smallest absolute Gasteiger partial charge is 0.229 e. The van der Waals surface area contributed by atoms with Crippen molar-refractivity contribution in [2.75, 3.05) is 17.7 Å². The second kappa shape index (κ2) is 7.38. The molecule has 0 atom stereocenters. The van der Waals surface area contributed by atoms with Crippen LogP contribution in [0.4, 0.5) is 23.1 Å². The number of aromatic nitrogens is 2. The summed E-state index contributed by atoms with van der Waals surface area (Å²) in [6, 6.07) is 14.5. The van der Waals surface area contributed by atoms with Crippen molar-refractivity contribution in [2.45, 2.75) is 0 Å². The molecule has 3 aromatic rings. The van der Waals surface area contributed by atoms with Crippen molar-refractivity contribution in [1.29, 1.82) is 0 Å². The summed E-state index contributed by atoms with van der Waals surface area (Å²) in [6.07, 6.45) is 1.66. The van der Waals surface area contributed by atoms with Crippen molar-refractivity contribution in [3.05, 3.63) is 64.8 Å². The van der Waals surface area contributed by atoms with Gasteiger partial charge in [0.1, 0.15) is 11.6 Å². The second-order valence-electron chi connectivity index (χ2n) is 4.88. The molecule has 0 bridgehead atoms. The molecule has 0 spiro atoms. The van der Waals surface area contributed by atoms with Gasteiger partial charge >= 0.3 is 0 Å². The number of rotatable bonds is 5. The SMILES string of the molecule is COc1ccc(Nc2nccc(Nc3cccc(Cl)c3)n2)cc1Cl. The van der Waals surface area contributed by atoms with Crippen LogP contribution in [0.25, 0.3) is 0 Å². The van der Waals surface area contributed by atoms with E-state index in [4.69, 9.17) is 27.9 Å². The molecule has 0 radical (unpaired) electrons. The zero-order valence-corrected chi connectivity index (χ0v) is 14.3. The molecule has 24 heavy (non-hydrogen) atoms. The van der Waals surface area contributed by atoms with Gasteiger partial charge in [0.15, 0.2) is 0 Å². The summed E-state index contributed by atoms with van der Waals surface area (Å²) in [4.78, 5) is 8.62. The van der Waals surface area contributed by atoms with Gasteiger partial charge in [-0.25, -0.2) is 4.98 Å². The molecule has 7 heteroatoms. The number of anilines is 4. The Morgan fingerprint density at radius 1 is 0.958 bits per heavy atom. The predicted octanol–water partition coefficient (Wildman–Crippen LogP) is 5.28. The highest BCUT2D eigenvalue weighted by atomic mass is 35.5. The van der Waals surface area contributed by atoms with Crippen LogP contribution in [0, 0.1) is 0 Å². The molecule has 0 fully saturated rings. The molecule has 5 nitrogen and oxygen atoms in total. The van der Waals surface area contributed by atoms with Crippen LogP contribution in [0.3, 0.4) is 0 Å². The van der Waals surface area contributed by atoms with Crippen molar-refractivity contribution in [1.82, 2.24) is 9.97 Å². The Kier molecular flexibility index (Phi) is 5.03. The fourth-order valence-corrected chi connectivity index (χ4v) is 2.52. The molecule has 0 aliphatic carbocycles. The Balaban J connectivity index is 1.76. The van der Waals surface area contributed by atoms with Gasteiger partial charge in [-0.05, 0) is 42.5 Å². The van der Waals surface area contributed by atoms with Gasteiger partial charge in [-0.15, -0.1) is 0 Å². The average molecular weight is 361 g/mol. The molecule has 2 aromatic carbocycles. The van der Waals surface area contributed by atoms with E-state index in [1.165, 1.54) is 0 Å². The standard InChI is InChI=1S/C17H14Cl2N4O/c1-24-15-6-5-13(10-14(15)19)22-17-20-8-7-16(23-17)21-12-4-2-3-11(18)9-12/h2-10H,1H3,(H2,20,21,22,23). The summed E-state index contributed by atoms with van der Waals surface area (Å²) in [5, 5.41) is 7.45. The molecule has 0 amide bonds. The summed E-state index contributed by atoms with van der Waals surface area (Å²) in [5.74, 6) is 1.71. The van der Waals surface area contributed by atoms with E-state index in [-0.39, 0.29) is 0 Å². The van der Waals surface area contributed by atoms with Crippen molar-refractivity contribution in [2.24, 2.45) is 0 Å². The molecule has 3 rings (SSSR count). The van der Waals surface area contributed by atoms with Crippen LogP contribution in [-0.2, 0) is 0 Å². The average Bonchev–Trinajstić information content (AvgIpc) is 2.55. The third kappa shape index (κ3) is 4.07. The maximum absolute atomic E-state index is 6.12. The van der Waals surface area contributed by atoms with Gasteiger partial charge < -0.3 is 15.4 Å². The van der Waals surface area contributed by atoms with Gasteiger partial charge in [-0.2, -0.15) is 4.98 Å². The van der Waals surface area contributed by atoms with E-state index >= 15 is 0 Å². The number of halogens is 2. The Labute approximate surface area is 149 Å². The number of methoxy groups -OCH3 is 1. The highest BCUT2D eigenvalue weighted by molar-refractivity contribution is 6.32. The van der Waals surface area contributed by atoms with E-state index in [1.54, 1.807) is 31.5 Å². The lowest BCUT2D eigenvalue weighted by Crippen LogP contribution is -2.00. The van der Waals surface area contributed by atoms with E-state index in [2.05, 4.69) is 20.6 Å². The largest absolute Gasteiger partial charge is 0.495 e. The fourth-order valence-electron chi connectivity index (χ4n) is 2.08. The first-order valence-corrected chi connectivity index (χ1v) is 7.86. The molecule has 122 valence electrons. The molecular weight excluding hydrogens is 347 g/mol. The highest BCUT2D eigenvalue weighted by Crippen LogP contribution is 2.28. The summed E-state index contributed by atoms with van der Waals surface area (Å²) in [6.45, 7) is 0. The normalized spacial score (nSPS) is 10.3. The number of hydrogen-bond donors (Lipinski definition) is 2. The maximum Gasteiger partial charge on any atom is 0.229 e. The first kappa shape index (κ1) is 16.4. The van der Waals surface area contributed by atoms with Crippen LogP contribution in [0.15, 0.2) is 54.7 Å². The van der Waals surface area contributed by atoms with Crippen molar-refractivity contribution >= 4 is 46.3 Å². The van der Waals surface area contributed by atoms with Gasteiger partial charge in [0.05, 0.1) is 12.1 Å². The van der Waals surface area contributed by atoms with Gasteiger partial charge in [0, 0.05) is 22.6 Å². The molecule has 0 saturated carbocycles. The highest BCUT2D eigenvalue weighted by Gasteiger charge is 2.05. The first-order chi connectivity index (χ1) is 11.6. The summed E-state index contributed by atoms with van der Waals surface area (Å²) in [5.41, 5.74) is 1.61. The summed E-state index contributed by atoms with van der Waals surface area (Å²) >= 11 is 12.1. The van der Waals surface area contributed by atoms with Crippen molar-refractivity contribution < 1.29 is 4.74 Å². The third-order valence-corrected chi connectivity index (χ3v) is 3.69. The Hall–Kier alpha value is -2.50. The van der Waals surface area contributed by atoms with Crippen LogP contribution in [-0.4, -0.2) is 17.1 Å². The number of nitrogens with zero attached hydrogens (tertiary/aromatic N) is 2. The molecule has 1 aromatic heterocycles. The Bertz CT molecular complexity index is 857. The number of ether oxygens (including phenoxy) is 1. The topological polar surface area (TPSA) is 59.1 Å². The summed E-state index contributed by atoms with van der Waals surface area (Å²) in [7, 11) is 1.57. The Morgan fingerprint density at radius 3 is 2.54 bits per heavy atom. The predicted molar refractivity (Wildman–Crippen MR) is 98.1 cm³/mol. The van der Waals surface area contributed by atoms with E-state index in [0.717, 1.165) is 11.4 Å². The lowest BCUT2D eigenvalue weighted by molar-refractivity contribution is 0.415. The molecule has 1 heterocycles. The van der Waals surface area contributed by atoms with Crippen LogP contribution < -0.4 is 15.4 Å². The van der Waals surface area contributed by atoms with Crippen molar-refractivity contribution in [3.8, 4) is 5.75 Å². The minimum atomic E-state index is 0.447. The number of benzene rings is 2. The molecule has 0 unspecified atom stereocenters. The third-order valence-electron chi connectivity index (χ3n) is 3.16. The minimum Gasteiger partial charge on any atom is -0.495 e. The minimum absolute atomic E-state index is 0.447. The molecule has 0 aliphatic rings. The Morgan fingerprint density at radius 2 is 1.79 bits per heavy atom. The van der Waals surface area contributed by atoms with Gasteiger partial charge in [-0.1, -0.05) is 29.3 Å². The summed E-state index contributed by atoms with van der Waals surface area (Å²) < 4.78 is 5.13. The van der Waals surface area contributed by atoms with Crippen molar-refractivity contribution in [3.63, 3.8) is 0 Å². The fraction of sp³-hybridized carbons (Fsp3) is 0.0588. The van der Waals surface area contributed by atoms with E-state index in [1.807, 2.05) is 30.3 Å². The molecular formula is C17H14Cl2N4O. The van der Waals surface area contributed by atoms with Crippen LogP contribution in [0.5, 0.6) is 5.75 Å². The van der Waals surface area contributed by atoms with Gasteiger partial charge in [0.25, 0.3) is 0 Å². The quantitative estimate of drug-likeness (QED) is 0.648. The van der Waals surface area contributed by atoms with Gasteiger partial charge in [0.2, 0.25) is 5.95 Å². The molecule has 0 saturated heterocycles. The van der Waals surface area contributed by atoms with E-state index in [0.29, 0.717) is 27.6 Å².